The zero-order chi connectivity index (χ0) is 19.2. The maximum Gasteiger partial charge on any atom is 0.511 e. The number of hydrogen-bond donors (Lipinski definition) is 0. The first kappa shape index (κ1) is 19.5. The lowest BCUT2D eigenvalue weighted by Crippen LogP contribution is -2.40. The van der Waals surface area contributed by atoms with E-state index in [1.165, 1.54) is 0 Å². The van der Waals surface area contributed by atoms with E-state index in [9.17, 15) is 9.59 Å². The number of benzene rings is 1. The van der Waals surface area contributed by atoms with Gasteiger partial charge < -0.3 is 28.6 Å². The van der Waals surface area contributed by atoms with Gasteiger partial charge in [0.15, 0.2) is 11.5 Å². The molecule has 1 unspecified atom stereocenters. The van der Waals surface area contributed by atoms with Crippen LogP contribution in [0, 0.1) is 0 Å². The largest absolute Gasteiger partial charge is 0.511 e. The number of rotatable bonds is 7. The highest BCUT2D eigenvalue weighted by Crippen LogP contribution is 2.33. The maximum absolute atomic E-state index is 12.3. The highest BCUT2D eigenvalue weighted by atomic mass is 32.2. The second-order valence-electron chi connectivity index (χ2n) is 6.23. The molecule has 1 amide bonds. The van der Waals surface area contributed by atoms with Crippen molar-refractivity contribution in [2.75, 3.05) is 31.6 Å². The van der Waals surface area contributed by atoms with Crippen molar-refractivity contribution < 1.29 is 33.3 Å². The van der Waals surface area contributed by atoms with E-state index in [-0.39, 0.29) is 18.9 Å². The van der Waals surface area contributed by atoms with Gasteiger partial charge in [0, 0.05) is 24.1 Å². The van der Waals surface area contributed by atoms with Gasteiger partial charge in [-0.1, -0.05) is 6.07 Å². The van der Waals surface area contributed by atoms with Crippen LogP contribution in [0.1, 0.15) is 19.4 Å². The molecule has 0 spiro atoms. The molecule has 0 N–H and O–H groups in total. The van der Waals surface area contributed by atoms with Gasteiger partial charge in [-0.15, -0.1) is 0 Å². The van der Waals surface area contributed by atoms with E-state index in [4.69, 9.17) is 23.7 Å². The van der Waals surface area contributed by atoms with Crippen molar-refractivity contribution >= 4 is 24.0 Å². The van der Waals surface area contributed by atoms with E-state index < -0.39 is 19.0 Å². The molecule has 8 nitrogen and oxygen atoms in total. The van der Waals surface area contributed by atoms with Crippen molar-refractivity contribution in [1.82, 2.24) is 4.90 Å². The molecule has 1 fully saturated rings. The molecule has 3 rings (SSSR count). The summed E-state index contributed by atoms with van der Waals surface area (Å²) in [4.78, 5) is 25.3. The molecule has 2 aliphatic rings. The van der Waals surface area contributed by atoms with Gasteiger partial charge in [-0.05, 0) is 38.0 Å². The number of hydrogen-bond acceptors (Lipinski definition) is 8. The first-order valence-corrected chi connectivity index (χ1v) is 9.95. The van der Waals surface area contributed by atoms with Crippen LogP contribution in [0.5, 0.6) is 11.5 Å². The van der Waals surface area contributed by atoms with Gasteiger partial charge in [-0.25, -0.2) is 9.59 Å². The highest BCUT2D eigenvalue weighted by molar-refractivity contribution is 8.00. The summed E-state index contributed by atoms with van der Waals surface area (Å²) in [5, 5.41) is 0. The van der Waals surface area contributed by atoms with Crippen molar-refractivity contribution in [1.29, 1.82) is 0 Å². The molecule has 0 aromatic heterocycles. The van der Waals surface area contributed by atoms with Crippen LogP contribution in [0.15, 0.2) is 18.2 Å². The fourth-order valence-electron chi connectivity index (χ4n) is 2.80. The predicted molar refractivity (Wildman–Crippen MR) is 98.1 cm³/mol. The number of fused-ring (bicyclic) bond motifs is 1. The van der Waals surface area contributed by atoms with Crippen LogP contribution in [0.4, 0.5) is 9.59 Å². The number of ether oxygens (including phenoxy) is 5. The van der Waals surface area contributed by atoms with Crippen molar-refractivity contribution in [3.63, 3.8) is 0 Å². The summed E-state index contributed by atoms with van der Waals surface area (Å²) in [5.74, 6) is 2.98. The molecular weight excluding hydrogens is 374 g/mol. The number of amides is 1. The lowest BCUT2D eigenvalue weighted by atomic mass is 10.1. The minimum atomic E-state index is -0.815. The van der Waals surface area contributed by atoms with Crippen LogP contribution < -0.4 is 9.47 Å². The Morgan fingerprint density at radius 3 is 2.74 bits per heavy atom. The van der Waals surface area contributed by atoms with Gasteiger partial charge in [-0.3, -0.25) is 0 Å². The standard InChI is InChI=1S/C18H23NO7S/c1-3-19(17(20)24-11-25-18(21)26-14-8-27-9-14)12(2)6-13-4-5-15-16(7-13)23-10-22-15/h4-5,7,12,14H,3,6,8-11H2,1-2H3. The first-order chi connectivity index (χ1) is 13.1. The highest BCUT2D eigenvalue weighted by Gasteiger charge is 2.24. The molecule has 2 heterocycles. The molecule has 2 aliphatic heterocycles. The lowest BCUT2D eigenvalue weighted by molar-refractivity contribution is -0.0342. The number of likely N-dealkylation sites (N-methyl/N-ethyl adjacent to an activating group) is 1. The smallest absolute Gasteiger partial charge is 0.454 e. The minimum absolute atomic E-state index is 0.105. The Balaban J connectivity index is 1.44. The SMILES string of the molecule is CCN(C(=O)OCOC(=O)OC1CSC1)C(C)Cc1ccc2c(c1)OCO2. The van der Waals surface area contributed by atoms with Crippen LogP contribution in [0.25, 0.3) is 0 Å². The van der Waals surface area contributed by atoms with Gasteiger partial charge in [0.1, 0.15) is 6.10 Å². The molecule has 148 valence electrons. The zero-order valence-electron chi connectivity index (χ0n) is 15.3. The summed E-state index contributed by atoms with van der Waals surface area (Å²) in [7, 11) is 0. The van der Waals surface area contributed by atoms with Crippen molar-refractivity contribution in [3.05, 3.63) is 23.8 Å². The molecule has 0 radical (unpaired) electrons. The fourth-order valence-corrected chi connectivity index (χ4v) is 3.37. The summed E-state index contributed by atoms with van der Waals surface area (Å²) in [5.41, 5.74) is 1.02. The monoisotopic (exact) mass is 397 g/mol. The van der Waals surface area contributed by atoms with Crippen molar-refractivity contribution in [3.8, 4) is 11.5 Å². The normalized spacial score (nSPS) is 16.2. The number of carbonyl (C=O) groups excluding carboxylic acids is 2. The van der Waals surface area contributed by atoms with Gasteiger partial charge in [0.25, 0.3) is 0 Å². The number of nitrogens with zero attached hydrogens (tertiary/aromatic N) is 1. The van der Waals surface area contributed by atoms with Crippen LogP contribution in [0.2, 0.25) is 0 Å². The van der Waals surface area contributed by atoms with Gasteiger partial charge in [-0.2, -0.15) is 11.8 Å². The fraction of sp³-hybridized carbons (Fsp3) is 0.556. The van der Waals surface area contributed by atoms with Crippen LogP contribution in [-0.4, -0.2) is 60.9 Å². The third-order valence-corrected chi connectivity index (χ3v) is 5.52. The van der Waals surface area contributed by atoms with Crippen LogP contribution in [0.3, 0.4) is 0 Å². The number of thioether (sulfide) groups is 1. The van der Waals surface area contributed by atoms with Gasteiger partial charge in [0.2, 0.25) is 13.6 Å². The molecular formula is C18H23NO7S. The lowest BCUT2D eigenvalue weighted by Gasteiger charge is -2.27. The van der Waals surface area contributed by atoms with E-state index in [1.807, 2.05) is 32.0 Å². The predicted octanol–water partition coefficient (Wildman–Crippen LogP) is 3.03. The summed E-state index contributed by atoms with van der Waals surface area (Å²) in [6.07, 6.45) is -0.837. The minimum Gasteiger partial charge on any atom is -0.454 e. The Bertz CT molecular complexity index is 680. The molecule has 1 saturated heterocycles. The average molecular weight is 397 g/mol. The molecule has 1 aromatic carbocycles. The topological polar surface area (TPSA) is 83.5 Å². The average Bonchev–Trinajstić information content (AvgIpc) is 3.06. The maximum atomic E-state index is 12.3. The third-order valence-electron chi connectivity index (χ3n) is 4.30. The summed E-state index contributed by atoms with van der Waals surface area (Å²) in [6, 6.07) is 5.61. The molecule has 1 atom stereocenters. The molecule has 0 bridgehead atoms. The van der Waals surface area contributed by atoms with E-state index in [0.29, 0.717) is 18.7 Å². The van der Waals surface area contributed by atoms with E-state index in [2.05, 4.69) is 0 Å². The third kappa shape index (κ3) is 5.12. The Morgan fingerprint density at radius 1 is 1.26 bits per heavy atom. The molecule has 9 heteroatoms. The molecule has 0 aliphatic carbocycles. The Labute approximate surface area is 162 Å². The van der Waals surface area contributed by atoms with Gasteiger partial charge in [0.05, 0.1) is 0 Å². The summed E-state index contributed by atoms with van der Waals surface area (Å²) in [6.45, 7) is 4.02. The Kier molecular flexibility index (Phi) is 6.54. The van der Waals surface area contributed by atoms with E-state index >= 15 is 0 Å². The van der Waals surface area contributed by atoms with Crippen molar-refractivity contribution in [2.24, 2.45) is 0 Å². The van der Waals surface area contributed by atoms with Crippen LogP contribution in [-0.2, 0) is 20.6 Å². The van der Waals surface area contributed by atoms with E-state index in [0.717, 1.165) is 22.8 Å². The number of carbonyl (C=O) groups is 2. The second kappa shape index (κ2) is 9.07. The molecule has 27 heavy (non-hydrogen) atoms. The zero-order valence-corrected chi connectivity index (χ0v) is 16.2. The first-order valence-electron chi connectivity index (χ1n) is 8.80. The molecule has 0 saturated carbocycles. The quantitative estimate of drug-likeness (QED) is 0.513. The van der Waals surface area contributed by atoms with Crippen molar-refractivity contribution in [2.45, 2.75) is 32.4 Å². The Hall–Kier alpha value is -2.29. The summed E-state index contributed by atoms with van der Waals surface area (Å²) >= 11 is 1.69. The van der Waals surface area contributed by atoms with Crippen LogP contribution >= 0.6 is 11.8 Å². The van der Waals surface area contributed by atoms with Gasteiger partial charge >= 0.3 is 12.2 Å². The summed E-state index contributed by atoms with van der Waals surface area (Å²) < 4.78 is 25.5. The second-order valence-corrected chi connectivity index (χ2v) is 7.30. The van der Waals surface area contributed by atoms with E-state index in [1.54, 1.807) is 16.7 Å². The molecule has 1 aromatic rings. The Morgan fingerprint density at radius 2 is 2.04 bits per heavy atom.